The molecule has 1 aliphatic rings. The Hall–Kier alpha value is -0.930. The van der Waals surface area contributed by atoms with E-state index in [1.807, 2.05) is 0 Å². The molecule has 1 atom stereocenters. The van der Waals surface area contributed by atoms with Gasteiger partial charge in [0, 0.05) is 34.0 Å². The first-order valence-electron chi connectivity index (χ1n) is 6.13. The van der Waals surface area contributed by atoms with Crippen molar-refractivity contribution in [2.75, 3.05) is 17.2 Å². The zero-order valence-corrected chi connectivity index (χ0v) is 14.2. The molecule has 0 aromatic heterocycles. The number of anilines is 1. The van der Waals surface area contributed by atoms with Crippen molar-refractivity contribution in [3.05, 3.63) is 22.7 Å². The normalized spacial score (nSPS) is 19.0. The van der Waals surface area contributed by atoms with Crippen LogP contribution in [0.2, 0.25) is 0 Å². The maximum atomic E-state index is 12.5. The van der Waals surface area contributed by atoms with Crippen LogP contribution in [0.15, 0.2) is 22.7 Å². The number of alkyl halides is 2. The van der Waals surface area contributed by atoms with Gasteiger partial charge >= 0.3 is 6.61 Å². The van der Waals surface area contributed by atoms with Crippen LogP contribution in [0.4, 0.5) is 14.5 Å². The highest BCUT2D eigenvalue weighted by Gasteiger charge is 2.34. The summed E-state index contributed by atoms with van der Waals surface area (Å²) in [7, 11) is 1.45. The lowest BCUT2D eigenvalue weighted by atomic mass is 10.1. The smallest absolute Gasteiger partial charge is 0.387 e. The minimum atomic E-state index is -3.74. The van der Waals surface area contributed by atoms with Crippen LogP contribution in [-0.2, 0) is 13.8 Å². The zero-order valence-electron chi connectivity index (χ0n) is 11.0. The number of hydrogen-bond acceptors (Lipinski definition) is 4. The molecule has 5 nitrogen and oxygen atoms in total. The molecule has 22 heavy (non-hydrogen) atoms. The van der Waals surface area contributed by atoms with E-state index < -0.39 is 21.6 Å². The summed E-state index contributed by atoms with van der Waals surface area (Å²) in [6.07, 6.45) is -0.0177. The van der Waals surface area contributed by atoms with Crippen molar-refractivity contribution in [3.63, 3.8) is 0 Å². The van der Waals surface area contributed by atoms with Crippen molar-refractivity contribution < 1.29 is 26.7 Å². The summed E-state index contributed by atoms with van der Waals surface area (Å²) in [5.41, 5.74) is 0.169. The SMILES string of the molecule is O=C1CC(CS(=O)(=O)Cl)CN1c1ccc(Br)cc1OC(F)F. The Labute approximate surface area is 138 Å². The number of benzene rings is 1. The molecular weight excluding hydrogens is 408 g/mol. The lowest BCUT2D eigenvalue weighted by Crippen LogP contribution is -2.26. The Morgan fingerprint density at radius 1 is 1.45 bits per heavy atom. The van der Waals surface area contributed by atoms with E-state index in [1.165, 1.54) is 17.0 Å². The number of ether oxygens (including phenoxy) is 1. The first-order valence-corrected chi connectivity index (χ1v) is 9.40. The summed E-state index contributed by atoms with van der Waals surface area (Å²) in [5.74, 6) is -1.37. The lowest BCUT2D eigenvalue weighted by Gasteiger charge is -2.20. The highest BCUT2D eigenvalue weighted by Crippen LogP contribution is 2.36. The van der Waals surface area contributed by atoms with Gasteiger partial charge in [-0.15, -0.1) is 0 Å². The number of halogens is 4. The summed E-state index contributed by atoms with van der Waals surface area (Å²) in [6.45, 7) is -2.96. The molecule has 1 unspecified atom stereocenters. The van der Waals surface area contributed by atoms with Crippen LogP contribution in [0.5, 0.6) is 5.75 Å². The third kappa shape index (κ3) is 4.53. The van der Waals surface area contributed by atoms with E-state index in [9.17, 15) is 22.0 Å². The molecule has 0 saturated carbocycles. The van der Waals surface area contributed by atoms with Gasteiger partial charge in [0.2, 0.25) is 15.0 Å². The number of rotatable bonds is 5. The predicted molar refractivity (Wildman–Crippen MR) is 80.9 cm³/mol. The second kappa shape index (κ2) is 6.67. The van der Waals surface area contributed by atoms with Gasteiger partial charge < -0.3 is 9.64 Å². The number of hydrogen-bond donors (Lipinski definition) is 0. The van der Waals surface area contributed by atoms with Crippen LogP contribution >= 0.6 is 26.6 Å². The van der Waals surface area contributed by atoms with Crippen LogP contribution in [0.3, 0.4) is 0 Å². The second-order valence-electron chi connectivity index (χ2n) is 4.77. The van der Waals surface area contributed by atoms with Gasteiger partial charge in [0.1, 0.15) is 0 Å². The molecule has 1 amide bonds. The van der Waals surface area contributed by atoms with E-state index in [4.69, 9.17) is 10.7 Å². The fraction of sp³-hybridized carbons (Fsp3) is 0.417. The van der Waals surface area contributed by atoms with Crippen molar-refractivity contribution in [2.45, 2.75) is 13.0 Å². The summed E-state index contributed by atoms with van der Waals surface area (Å²) in [4.78, 5) is 13.3. The third-order valence-electron chi connectivity index (χ3n) is 3.07. The van der Waals surface area contributed by atoms with E-state index in [0.717, 1.165) is 0 Å². The van der Waals surface area contributed by atoms with Crippen molar-refractivity contribution in [3.8, 4) is 5.75 Å². The number of carbonyl (C=O) groups excluding carboxylic acids is 1. The molecule has 0 N–H and O–H groups in total. The molecule has 2 rings (SSSR count). The fourth-order valence-electron chi connectivity index (χ4n) is 2.31. The standard InChI is InChI=1S/C12H11BrClF2NO4S/c13-8-1-2-9(10(4-8)21-12(15)16)17-5-7(3-11(17)18)6-22(14,19)20/h1-2,4,7,12H,3,5-6H2. The van der Waals surface area contributed by atoms with Gasteiger partial charge in [-0.2, -0.15) is 8.78 Å². The van der Waals surface area contributed by atoms with Crippen molar-refractivity contribution >= 4 is 47.3 Å². The maximum absolute atomic E-state index is 12.5. The molecule has 1 heterocycles. The van der Waals surface area contributed by atoms with Gasteiger partial charge in [0.25, 0.3) is 0 Å². The molecule has 0 aliphatic carbocycles. The van der Waals surface area contributed by atoms with Gasteiger partial charge in [-0.05, 0) is 18.2 Å². The molecular formula is C12H11BrClF2NO4S. The Kier molecular flexibility index (Phi) is 5.29. The lowest BCUT2D eigenvalue weighted by molar-refractivity contribution is -0.117. The third-order valence-corrected chi connectivity index (χ3v) is 4.81. The molecule has 10 heteroatoms. The Morgan fingerprint density at radius 2 is 2.14 bits per heavy atom. The first-order chi connectivity index (χ1) is 10.2. The zero-order chi connectivity index (χ0) is 16.5. The first kappa shape index (κ1) is 17.4. The number of amides is 1. The molecule has 122 valence electrons. The molecule has 1 aromatic rings. The topological polar surface area (TPSA) is 63.7 Å². The Bertz CT molecular complexity index is 686. The van der Waals surface area contributed by atoms with Crippen LogP contribution in [-0.4, -0.2) is 33.2 Å². The predicted octanol–water partition coefficient (Wildman–Crippen LogP) is 2.97. The van der Waals surface area contributed by atoms with Crippen molar-refractivity contribution in [2.24, 2.45) is 5.92 Å². The average molecular weight is 419 g/mol. The summed E-state index contributed by atoms with van der Waals surface area (Å²) < 4.78 is 52.1. The van der Waals surface area contributed by atoms with E-state index in [1.54, 1.807) is 6.07 Å². The fourth-order valence-corrected chi connectivity index (χ4v) is 3.97. The highest BCUT2D eigenvalue weighted by molar-refractivity contribution is 9.10. The molecule has 0 bridgehead atoms. The van der Waals surface area contributed by atoms with Gasteiger partial charge in [-0.1, -0.05) is 15.9 Å². The minimum absolute atomic E-state index is 0.0177. The molecule has 1 aromatic carbocycles. The van der Waals surface area contributed by atoms with Crippen molar-refractivity contribution in [1.82, 2.24) is 0 Å². The molecule has 0 radical (unpaired) electrons. The van der Waals surface area contributed by atoms with Gasteiger partial charge in [-0.25, -0.2) is 8.42 Å². The monoisotopic (exact) mass is 417 g/mol. The van der Waals surface area contributed by atoms with Gasteiger partial charge in [0.15, 0.2) is 5.75 Å². The largest absolute Gasteiger partial charge is 0.433 e. The van der Waals surface area contributed by atoms with Crippen LogP contribution in [0.25, 0.3) is 0 Å². The Balaban J connectivity index is 2.26. The molecule has 1 aliphatic heterocycles. The van der Waals surface area contributed by atoms with Crippen molar-refractivity contribution in [1.29, 1.82) is 0 Å². The Morgan fingerprint density at radius 3 is 2.73 bits per heavy atom. The van der Waals surface area contributed by atoms with E-state index >= 15 is 0 Å². The van der Waals surface area contributed by atoms with Gasteiger partial charge in [-0.3, -0.25) is 4.79 Å². The summed E-state index contributed by atoms with van der Waals surface area (Å²) in [5, 5.41) is 0. The molecule has 0 spiro atoms. The van der Waals surface area contributed by atoms with Gasteiger partial charge in [0.05, 0.1) is 11.4 Å². The number of carbonyl (C=O) groups is 1. The summed E-state index contributed by atoms with van der Waals surface area (Å²) >= 11 is 3.14. The molecule has 1 saturated heterocycles. The van der Waals surface area contributed by atoms with E-state index in [2.05, 4.69) is 20.7 Å². The maximum Gasteiger partial charge on any atom is 0.387 e. The second-order valence-corrected chi connectivity index (χ2v) is 8.51. The molecule has 1 fully saturated rings. The quantitative estimate of drug-likeness (QED) is 0.690. The van der Waals surface area contributed by atoms with E-state index in [0.29, 0.717) is 4.47 Å². The summed E-state index contributed by atoms with van der Waals surface area (Å²) in [6, 6.07) is 4.35. The van der Waals surface area contributed by atoms with E-state index in [-0.39, 0.29) is 36.1 Å². The van der Waals surface area contributed by atoms with Crippen LogP contribution in [0.1, 0.15) is 6.42 Å². The average Bonchev–Trinajstić information content (AvgIpc) is 2.67. The van der Waals surface area contributed by atoms with Crippen LogP contribution < -0.4 is 9.64 Å². The minimum Gasteiger partial charge on any atom is -0.433 e. The van der Waals surface area contributed by atoms with Crippen LogP contribution in [0, 0.1) is 5.92 Å². The highest BCUT2D eigenvalue weighted by atomic mass is 79.9. The number of nitrogens with zero attached hydrogens (tertiary/aromatic N) is 1.